The predicted octanol–water partition coefficient (Wildman–Crippen LogP) is 1.94. The van der Waals surface area contributed by atoms with Crippen molar-refractivity contribution in [3.8, 4) is 11.8 Å². The Bertz CT molecular complexity index is 411. The van der Waals surface area contributed by atoms with Gasteiger partial charge in [0.15, 0.2) is 0 Å². The molecule has 1 aromatic rings. The summed E-state index contributed by atoms with van der Waals surface area (Å²) < 4.78 is 34.4. The number of ether oxygens (including phenoxy) is 2. The minimum Gasteiger partial charge on any atom is -0.481 e. The number of hydrogen-bond donors (Lipinski definition) is 0. The van der Waals surface area contributed by atoms with E-state index in [4.69, 9.17) is 0 Å². The second kappa shape index (κ2) is 4.69. The van der Waals surface area contributed by atoms with Crippen LogP contribution < -0.4 is 9.47 Å². The number of aromatic nitrogens is 1. The fraction of sp³-hybridized carbons (Fsp3) is 0.375. The van der Waals surface area contributed by atoms with E-state index in [-0.39, 0.29) is 5.88 Å². The molecular formula is C8H8F2N2O4. The lowest BCUT2D eigenvalue weighted by atomic mass is 10.2. The molecule has 0 aromatic carbocycles. The maximum absolute atomic E-state index is 12.6. The first-order valence-electron chi connectivity index (χ1n) is 4.06. The number of nitro groups is 1. The van der Waals surface area contributed by atoms with E-state index in [2.05, 4.69) is 14.5 Å². The summed E-state index contributed by atoms with van der Waals surface area (Å²) in [5.41, 5.74) is -1.63. The summed E-state index contributed by atoms with van der Waals surface area (Å²) in [4.78, 5) is 13.2. The van der Waals surface area contributed by atoms with Crippen molar-refractivity contribution >= 4 is 5.69 Å². The molecule has 0 aliphatic rings. The molecular weight excluding hydrogens is 226 g/mol. The molecule has 0 amide bonds. The van der Waals surface area contributed by atoms with Crippen LogP contribution in [-0.4, -0.2) is 24.1 Å². The summed E-state index contributed by atoms with van der Waals surface area (Å²) in [7, 11) is 2.31. The van der Waals surface area contributed by atoms with Crippen molar-refractivity contribution in [3.63, 3.8) is 0 Å². The Morgan fingerprint density at radius 1 is 1.44 bits per heavy atom. The first-order chi connectivity index (χ1) is 7.51. The number of alkyl halides is 2. The van der Waals surface area contributed by atoms with Crippen LogP contribution in [0.5, 0.6) is 11.8 Å². The maximum atomic E-state index is 12.6. The molecule has 8 heteroatoms. The molecule has 16 heavy (non-hydrogen) atoms. The van der Waals surface area contributed by atoms with Crippen LogP contribution in [0.25, 0.3) is 0 Å². The second-order valence-electron chi connectivity index (χ2n) is 2.67. The molecule has 1 aromatic heterocycles. The highest BCUT2D eigenvalue weighted by Gasteiger charge is 2.29. The molecule has 1 heterocycles. The molecule has 0 radical (unpaired) electrons. The highest BCUT2D eigenvalue weighted by Crippen LogP contribution is 2.37. The molecule has 0 atom stereocenters. The number of halogens is 2. The van der Waals surface area contributed by atoms with Gasteiger partial charge in [-0.3, -0.25) is 10.1 Å². The number of hydrogen-bond acceptors (Lipinski definition) is 5. The monoisotopic (exact) mass is 234 g/mol. The van der Waals surface area contributed by atoms with Gasteiger partial charge in [-0.1, -0.05) is 0 Å². The highest BCUT2D eigenvalue weighted by atomic mass is 19.3. The maximum Gasteiger partial charge on any atom is 0.340 e. The number of nitrogens with zero attached hydrogens (tertiary/aromatic N) is 2. The summed E-state index contributed by atoms with van der Waals surface area (Å²) in [6, 6.07) is 0.811. The van der Waals surface area contributed by atoms with Crippen LogP contribution >= 0.6 is 0 Å². The van der Waals surface area contributed by atoms with Gasteiger partial charge in [0.05, 0.1) is 19.1 Å². The molecule has 0 saturated carbocycles. The first-order valence-corrected chi connectivity index (χ1v) is 4.06. The van der Waals surface area contributed by atoms with Gasteiger partial charge in [-0.25, -0.2) is 8.78 Å². The van der Waals surface area contributed by atoms with Crippen molar-refractivity contribution in [2.45, 2.75) is 6.43 Å². The predicted molar refractivity (Wildman–Crippen MR) is 49.0 cm³/mol. The molecule has 0 aliphatic carbocycles. The van der Waals surface area contributed by atoms with Crippen LogP contribution in [0.4, 0.5) is 14.5 Å². The van der Waals surface area contributed by atoms with Crippen LogP contribution in [0.3, 0.4) is 0 Å². The largest absolute Gasteiger partial charge is 0.481 e. The van der Waals surface area contributed by atoms with E-state index >= 15 is 0 Å². The Morgan fingerprint density at radius 2 is 2.06 bits per heavy atom. The van der Waals surface area contributed by atoms with Gasteiger partial charge in [-0.2, -0.15) is 4.98 Å². The zero-order valence-corrected chi connectivity index (χ0v) is 8.44. The van der Waals surface area contributed by atoms with Crippen LogP contribution in [0, 0.1) is 10.1 Å². The third kappa shape index (κ3) is 2.15. The van der Waals surface area contributed by atoms with Gasteiger partial charge in [0.2, 0.25) is 5.88 Å². The van der Waals surface area contributed by atoms with Crippen LogP contribution in [0.2, 0.25) is 0 Å². The minimum atomic E-state index is -3.01. The number of pyridine rings is 1. The Balaban J connectivity index is 3.47. The van der Waals surface area contributed by atoms with Gasteiger partial charge >= 0.3 is 5.69 Å². The average Bonchev–Trinajstić information content (AvgIpc) is 2.26. The summed E-state index contributed by atoms with van der Waals surface area (Å²) in [5.74, 6) is -0.669. The van der Waals surface area contributed by atoms with Crippen molar-refractivity contribution < 1.29 is 23.2 Å². The standard InChI is InChI=1S/C8H8F2N2O4/c1-15-5-3-4(7(9)10)6(12(13)14)8(11-5)16-2/h3,7H,1-2H3. The lowest BCUT2D eigenvalue weighted by molar-refractivity contribution is -0.387. The molecule has 0 aliphatic heterocycles. The van der Waals surface area contributed by atoms with Crippen molar-refractivity contribution in [1.29, 1.82) is 0 Å². The van der Waals surface area contributed by atoms with E-state index in [0.717, 1.165) is 13.2 Å². The third-order valence-electron chi connectivity index (χ3n) is 1.79. The molecule has 0 saturated heterocycles. The quantitative estimate of drug-likeness (QED) is 0.587. The number of methoxy groups -OCH3 is 2. The zero-order valence-electron chi connectivity index (χ0n) is 8.44. The average molecular weight is 234 g/mol. The summed E-state index contributed by atoms with van der Waals surface area (Å²) >= 11 is 0. The van der Waals surface area contributed by atoms with Crippen LogP contribution in [0.1, 0.15) is 12.0 Å². The van der Waals surface area contributed by atoms with Gasteiger partial charge in [0.1, 0.15) is 5.56 Å². The van der Waals surface area contributed by atoms with Gasteiger partial charge in [0, 0.05) is 6.07 Å². The van der Waals surface area contributed by atoms with Crippen molar-refractivity contribution in [2.75, 3.05) is 14.2 Å². The highest BCUT2D eigenvalue weighted by molar-refractivity contribution is 5.51. The van der Waals surface area contributed by atoms with Crippen LogP contribution in [0.15, 0.2) is 6.07 Å². The number of rotatable bonds is 4. The zero-order chi connectivity index (χ0) is 12.3. The molecule has 88 valence electrons. The van der Waals surface area contributed by atoms with E-state index in [0.29, 0.717) is 0 Å². The van der Waals surface area contributed by atoms with E-state index in [1.807, 2.05) is 0 Å². The minimum absolute atomic E-state index is 0.169. The SMILES string of the molecule is COc1cc(C(F)F)c([N+](=O)[O-])c(OC)n1. The van der Waals surface area contributed by atoms with Crippen molar-refractivity contribution in [1.82, 2.24) is 4.98 Å². The summed E-state index contributed by atoms with van der Waals surface area (Å²) in [5, 5.41) is 10.6. The van der Waals surface area contributed by atoms with E-state index < -0.39 is 28.5 Å². The van der Waals surface area contributed by atoms with E-state index in [9.17, 15) is 18.9 Å². The summed E-state index contributed by atoms with van der Waals surface area (Å²) in [6.07, 6.45) is -3.01. The summed E-state index contributed by atoms with van der Waals surface area (Å²) in [6.45, 7) is 0. The molecule has 0 spiro atoms. The normalized spacial score (nSPS) is 10.3. The fourth-order valence-corrected chi connectivity index (χ4v) is 1.11. The smallest absolute Gasteiger partial charge is 0.340 e. The Labute approximate surface area is 89.0 Å². The van der Waals surface area contributed by atoms with E-state index in [1.165, 1.54) is 7.11 Å². The third-order valence-corrected chi connectivity index (χ3v) is 1.79. The van der Waals surface area contributed by atoms with Crippen molar-refractivity contribution in [3.05, 3.63) is 21.7 Å². The van der Waals surface area contributed by atoms with E-state index in [1.54, 1.807) is 0 Å². The molecule has 1 rings (SSSR count). The van der Waals surface area contributed by atoms with Gasteiger partial charge in [0.25, 0.3) is 12.3 Å². The fourth-order valence-electron chi connectivity index (χ4n) is 1.11. The van der Waals surface area contributed by atoms with Gasteiger partial charge < -0.3 is 9.47 Å². The lowest BCUT2D eigenvalue weighted by Gasteiger charge is -2.07. The molecule has 6 nitrogen and oxygen atoms in total. The topological polar surface area (TPSA) is 74.5 Å². The second-order valence-corrected chi connectivity index (χ2v) is 2.67. The van der Waals surface area contributed by atoms with Crippen molar-refractivity contribution in [2.24, 2.45) is 0 Å². The Hall–Kier alpha value is -1.99. The lowest BCUT2D eigenvalue weighted by Crippen LogP contribution is -2.03. The first kappa shape index (κ1) is 12.1. The Morgan fingerprint density at radius 3 is 2.44 bits per heavy atom. The van der Waals surface area contributed by atoms with Gasteiger partial charge in [-0.05, 0) is 0 Å². The Kier molecular flexibility index (Phi) is 3.54. The molecule has 0 N–H and O–H groups in total. The van der Waals surface area contributed by atoms with Crippen LogP contribution in [-0.2, 0) is 0 Å². The molecule has 0 fully saturated rings. The molecule has 0 bridgehead atoms. The molecule has 0 unspecified atom stereocenters. The van der Waals surface area contributed by atoms with Gasteiger partial charge in [-0.15, -0.1) is 0 Å².